The Morgan fingerprint density at radius 2 is 1.50 bits per heavy atom. The van der Waals surface area contributed by atoms with Crippen LogP contribution < -0.4 is 10.6 Å². The van der Waals surface area contributed by atoms with E-state index in [1.165, 1.54) is 13.5 Å². The minimum absolute atomic E-state index is 0.100. The number of carbonyl (C=O) groups excluding carboxylic acids is 2. The van der Waals surface area contributed by atoms with Crippen molar-refractivity contribution >= 4 is 22.8 Å². The highest BCUT2D eigenvalue weighted by Crippen LogP contribution is 2.33. The zero-order valence-corrected chi connectivity index (χ0v) is 24.6. The van der Waals surface area contributed by atoms with Crippen molar-refractivity contribution in [3.63, 3.8) is 0 Å². The summed E-state index contributed by atoms with van der Waals surface area (Å²) in [6, 6.07) is 21.7. The first-order valence-corrected chi connectivity index (χ1v) is 15.2. The number of carbonyl (C=O) groups is 2. The van der Waals surface area contributed by atoms with Crippen LogP contribution in [0.15, 0.2) is 73.1 Å². The van der Waals surface area contributed by atoms with E-state index >= 15 is 0 Å². The van der Waals surface area contributed by atoms with Crippen molar-refractivity contribution in [2.75, 3.05) is 26.7 Å². The number of ether oxygens (including phenoxy) is 1. The van der Waals surface area contributed by atoms with Crippen molar-refractivity contribution in [2.24, 2.45) is 0 Å². The summed E-state index contributed by atoms with van der Waals surface area (Å²) >= 11 is 0. The van der Waals surface area contributed by atoms with Crippen molar-refractivity contribution in [1.29, 1.82) is 0 Å². The molecule has 0 bridgehead atoms. The number of amides is 2. The summed E-state index contributed by atoms with van der Waals surface area (Å²) in [7, 11) is 1.28. The fraction of sp³-hybridized carbons (Fsp3) is 0.294. The van der Waals surface area contributed by atoms with E-state index in [4.69, 9.17) is 0 Å². The van der Waals surface area contributed by atoms with E-state index in [-0.39, 0.29) is 18.5 Å². The third-order valence-corrected chi connectivity index (χ3v) is 8.72. The van der Waals surface area contributed by atoms with Crippen LogP contribution in [0.3, 0.4) is 0 Å². The summed E-state index contributed by atoms with van der Waals surface area (Å²) < 4.78 is 4.58. The van der Waals surface area contributed by atoms with Crippen LogP contribution in [-0.4, -0.2) is 63.6 Å². The van der Waals surface area contributed by atoms with Crippen LogP contribution >= 0.6 is 0 Å². The second-order valence-corrected chi connectivity index (χ2v) is 11.5. The Kier molecular flexibility index (Phi) is 7.57. The smallest absolute Gasteiger partial charge is 0.407 e. The van der Waals surface area contributed by atoms with Crippen LogP contribution in [0.4, 0.5) is 4.79 Å². The Labute approximate surface area is 255 Å². The molecule has 0 aliphatic carbocycles. The molecule has 7 rings (SSSR count). The van der Waals surface area contributed by atoms with Crippen molar-refractivity contribution in [3.05, 3.63) is 84.7 Å². The van der Waals surface area contributed by atoms with Crippen molar-refractivity contribution < 1.29 is 14.3 Å². The molecule has 2 aromatic heterocycles. The predicted molar refractivity (Wildman–Crippen MR) is 169 cm³/mol. The maximum absolute atomic E-state index is 12.7. The molecule has 224 valence electrons. The molecule has 2 atom stereocenters. The molecule has 2 fully saturated rings. The summed E-state index contributed by atoms with van der Waals surface area (Å²) in [6.45, 7) is 1.58. The lowest BCUT2D eigenvalue weighted by atomic mass is 9.98. The van der Waals surface area contributed by atoms with Crippen LogP contribution in [0.1, 0.15) is 49.4 Å². The van der Waals surface area contributed by atoms with Gasteiger partial charge in [-0.05, 0) is 71.8 Å². The second kappa shape index (κ2) is 12.0. The van der Waals surface area contributed by atoms with Crippen LogP contribution in [0, 0.1) is 0 Å². The van der Waals surface area contributed by atoms with Gasteiger partial charge >= 0.3 is 6.09 Å². The molecule has 0 spiro atoms. The Morgan fingerprint density at radius 1 is 0.841 bits per heavy atom. The van der Waals surface area contributed by atoms with E-state index in [0.29, 0.717) is 12.6 Å². The number of nitrogens with zero attached hydrogens (tertiary/aromatic N) is 3. The first-order chi connectivity index (χ1) is 21.6. The highest BCUT2D eigenvalue weighted by Gasteiger charge is 2.32. The predicted octanol–water partition coefficient (Wildman–Crippen LogP) is 5.73. The van der Waals surface area contributed by atoms with Gasteiger partial charge in [0.25, 0.3) is 0 Å². The van der Waals surface area contributed by atoms with Gasteiger partial charge in [-0.25, -0.2) is 14.8 Å². The zero-order valence-electron chi connectivity index (χ0n) is 24.6. The van der Waals surface area contributed by atoms with E-state index in [1.54, 1.807) is 4.90 Å². The molecule has 2 unspecified atom stereocenters. The number of benzene rings is 3. The number of fused-ring (bicyclic) bond motifs is 1. The molecule has 4 heterocycles. The van der Waals surface area contributed by atoms with Crippen LogP contribution in [0.2, 0.25) is 0 Å². The molecular formula is C34H35N7O3. The molecule has 2 amide bonds. The number of aromatic amines is 2. The van der Waals surface area contributed by atoms with Gasteiger partial charge < -0.3 is 30.2 Å². The minimum Gasteiger partial charge on any atom is -0.453 e. The van der Waals surface area contributed by atoms with Crippen molar-refractivity contribution in [3.8, 4) is 33.6 Å². The molecule has 2 saturated heterocycles. The number of H-pyrrole nitrogens is 2. The van der Waals surface area contributed by atoms with Gasteiger partial charge in [-0.3, -0.25) is 4.79 Å². The standard InChI is InChI=1S/C34H35N7O3/c1-44-34(43)38-20-31(42)41-15-3-5-30(41)33-37-19-29(40-33)26-13-12-24-16-23(10-11-25(24)17-26)21-6-8-22(9-7-21)28-18-36-32(39-28)27-4-2-14-35-27/h6-13,16-19,27,30,35H,2-5,14-15,20H2,1H3,(H,36,39)(H,37,40)(H,38,43). The van der Waals surface area contributed by atoms with Gasteiger partial charge in [0.05, 0.1) is 43.0 Å². The highest BCUT2D eigenvalue weighted by molar-refractivity contribution is 5.90. The van der Waals surface area contributed by atoms with E-state index < -0.39 is 6.09 Å². The summed E-state index contributed by atoms with van der Waals surface area (Å²) in [5, 5.41) is 8.26. The fourth-order valence-electron chi connectivity index (χ4n) is 6.34. The lowest BCUT2D eigenvalue weighted by Crippen LogP contribution is -2.40. The Hall–Kier alpha value is -4.96. The largest absolute Gasteiger partial charge is 0.453 e. The average Bonchev–Trinajstić information content (AvgIpc) is 3.89. The van der Waals surface area contributed by atoms with Gasteiger partial charge in [0.2, 0.25) is 5.91 Å². The molecule has 4 N–H and O–H groups in total. The van der Waals surface area contributed by atoms with Crippen LogP contribution in [0.25, 0.3) is 44.4 Å². The first-order valence-electron chi connectivity index (χ1n) is 15.2. The minimum atomic E-state index is -0.619. The van der Waals surface area contributed by atoms with Crippen LogP contribution in [-0.2, 0) is 9.53 Å². The van der Waals surface area contributed by atoms with Gasteiger partial charge in [-0.2, -0.15) is 0 Å². The lowest BCUT2D eigenvalue weighted by molar-refractivity contribution is -0.131. The summed E-state index contributed by atoms with van der Waals surface area (Å²) in [5.74, 6) is 1.62. The number of nitrogens with one attached hydrogen (secondary N) is 4. The summed E-state index contributed by atoms with van der Waals surface area (Å²) in [6.07, 6.45) is 7.15. The monoisotopic (exact) mass is 589 g/mol. The number of likely N-dealkylation sites (tertiary alicyclic amines) is 1. The summed E-state index contributed by atoms with van der Waals surface area (Å²) in [4.78, 5) is 42.1. The SMILES string of the molecule is COC(=O)NCC(=O)N1CCCC1c1ncc(-c2ccc3cc(-c4ccc(-c5cnc(C6CCCN6)[nH]5)cc4)ccc3c2)[nH]1. The maximum atomic E-state index is 12.7. The number of rotatable bonds is 7. The number of imidazole rings is 2. The highest BCUT2D eigenvalue weighted by atomic mass is 16.5. The quantitative estimate of drug-likeness (QED) is 0.192. The number of hydrogen-bond donors (Lipinski definition) is 4. The number of methoxy groups -OCH3 is 1. The van der Waals surface area contributed by atoms with Gasteiger partial charge in [0, 0.05) is 12.1 Å². The van der Waals surface area contributed by atoms with Crippen LogP contribution in [0.5, 0.6) is 0 Å². The molecule has 3 aromatic carbocycles. The van der Waals surface area contributed by atoms with E-state index in [2.05, 4.69) is 96.0 Å². The van der Waals surface area contributed by atoms with Gasteiger partial charge in [0.15, 0.2) is 0 Å². The molecule has 5 aromatic rings. The van der Waals surface area contributed by atoms with Crippen molar-refractivity contribution in [1.82, 2.24) is 35.5 Å². The third kappa shape index (κ3) is 5.56. The van der Waals surface area contributed by atoms with Crippen molar-refractivity contribution in [2.45, 2.75) is 37.8 Å². The molecule has 10 nitrogen and oxygen atoms in total. The number of aromatic nitrogens is 4. The van der Waals surface area contributed by atoms with E-state index in [9.17, 15) is 9.59 Å². The Morgan fingerprint density at radius 3 is 2.25 bits per heavy atom. The lowest BCUT2D eigenvalue weighted by Gasteiger charge is -2.23. The molecule has 10 heteroatoms. The molecule has 0 radical (unpaired) electrons. The Balaban J connectivity index is 1.05. The molecule has 2 aliphatic rings. The maximum Gasteiger partial charge on any atom is 0.407 e. The van der Waals surface area contributed by atoms with E-state index in [0.717, 1.165) is 81.9 Å². The Bertz CT molecular complexity index is 1800. The average molecular weight is 590 g/mol. The number of alkyl carbamates (subject to hydrolysis) is 1. The second-order valence-electron chi connectivity index (χ2n) is 11.5. The fourth-order valence-corrected chi connectivity index (χ4v) is 6.34. The van der Waals surface area contributed by atoms with Gasteiger partial charge in [0.1, 0.15) is 18.2 Å². The molecule has 2 aliphatic heterocycles. The van der Waals surface area contributed by atoms with E-state index in [1.807, 2.05) is 12.4 Å². The van der Waals surface area contributed by atoms with Gasteiger partial charge in [-0.1, -0.05) is 48.5 Å². The summed E-state index contributed by atoms with van der Waals surface area (Å²) in [5.41, 5.74) is 6.41. The topological polar surface area (TPSA) is 128 Å². The first kappa shape index (κ1) is 27.8. The molecule has 0 saturated carbocycles. The molecular weight excluding hydrogens is 554 g/mol. The normalized spacial score (nSPS) is 18.2. The third-order valence-electron chi connectivity index (χ3n) is 8.72. The number of hydrogen-bond acceptors (Lipinski definition) is 6. The van der Waals surface area contributed by atoms with Gasteiger partial charge in [-0.15, -0.1) is 0 Å². The zero-order chi connectivity index (χ0) is 30.0. The molecule has 44 heavy (non-hydrogen) atoms.